The topological polar surface area (TPSA) is 26.3 Å². The monoisotopic (exact) mass is 766 g/mol. The fourth-order valence-electron chi connectivity index (χ4n) is 2.79. The molecule has 0 spiro atoms. The van der Waals surface area contributed by atoms with E-state index in [2.05, 4.69) is 95.6 Å². The van der Waals surface area contributed by atoms with E-state index in [-0.39, 0.29) is 25.3 Å². The molecule has 0 heterocycles. The number of alkyl halides is 6. The largest absolute Gasteiger partial charge is 0.468 e. The van der Waals surface area contributed by atoms with E-state index in [1.807, 2.05) is 0 Å². The van der Waals surface area contributed by atoms with Crippen LogP contribution in [0, 0.1) is 0 Å². The Morgan fingerprint density at radius 1 is 0.704 bits per heavy atom. The van der Waals surface area contributed by atoms with Gasteiger partial charge in [-0.3, -0.25) is 4.79 Å². The lowest BCUT2D eigenvalue weighted by Crippen LogP contribution is -2.39. The van der Waals surface area contributed by atoms with Gasteiger partial charge in [-0.05, 0) is 12.8 Å². The number of ether oxygens (including phenoxy) is 1. The lowest BCUT2D eigenvalue weighted by molar-refractivity contribution is -0.139. The van der Waals surface area contributed by atoms with Gasteiger partial charge in [-0.25, -0.2) is 0 Å². The van der Waals surface area contributed by atoms with Crippen molar-refractivity contribution in [3.8, 4) is 0 Å². The van der Waals surface area contributed by atoms with Crippen molar-refractivity contribution in [3.05, 3.63) is 0 Å². The number of hydrogen-bond donors (Lipinski definition) is 0. The predicted molar refractivity (Wildman–Crippen MR) is 140 cm³/mol. The minimum absolute atomic E-state index is 0.0658. The van der Waals surface area contributed by atoms with Crippen molar-refractivity contribution in [2.45, 2.75) is 94.8 Å². The second kappa shape index (κ2) is 19.1. The summed E-state index contributed by atoms with van der Waals surface area (Å²) in [7, 11) is 1.41. The Hall–Kier alpha value is 2.35. The molecule has 27 heavy (non-hydrogen) atoms. The molecule has 8 heteroatoms. The fraction of sp³-hybridized carbons (Fsp3) is 0.947. The highest BCUT2D eigenvalue weighted by Gasteiger charge is 2.35. The van der Waals surface area contributed by atoms with Gasteiger partial charge in [-0.2, -0.15) is 0 Å². The zero-order chi connectivity index (χ0) is 20.7. The van der Waals surface area contributed by atoms with E-state index in [4.69, 9.17) is 4.74 Å². The minimum atomic E-state index is -0.383. The molecule has 0 saturated heterocycles. The summed E-state index contributed by atoms with van der Waals surface area (Å²) in [6, 6.07) is 0. The van der Waals surface area contributed by atoms with Gasteiger partial charge in [0.1, 0.15) is 4.83 Å². The van der Waals surface area contributed by atoms with E-state index in [0.29, 0.717) is 4.83 Å². The van der Waals surface area contributed by atoms with Crippen LogP contribution in [-0.4, -0.2) is 42.5 Å². The van der Waals surface area contributed by atoms with Crippen molar-refractivity contribution in [2.24, 2.45) is 0 Å². The Bertz CT molecular complexity index is 372. The van der Waals surface area contributed by atoms with Gasteiger partial charge >= 0.3 is 5.97 Å². The van der Waals surface area contributed by atoms with Crippen LogP contribution in [0.3, 0.4) is 0 Å². The van der Waals surface area contributed by atoms with Crippen LogP contribution >= 0.6 is 95.6 Å². The molecule has 0 radical (unpaired) electrons. The summed E-state index contributed by atoms with van der Waals surface area (Å²) in [5, 5.41) is 1.14. The Morgan fingerprint density at radius 2 is 1.15 bits per heavy atom. The van der Waals surface area contributed by atoms with Crippen LogP contribution in [0.5, 0.6) is 0 Å². The summed E-state index contributed by atoms with van der Waals surface area (Å²) in [6.45, 7) is 0. The molecule has 0 fully saturated rings. The van der Waals surface area contributed by atoms with Gasteiger partial charge < -0.3 is 4.74 Å². The van der Waals surface area contributed by atoms with Crippen molar-refractivity contribution < 1.29 is 9.53 Å². The average Bonchev–Trinajstić information content (AvgIpc) is 2.68. The third-order valence-corrected chi connectivity index (χ3v) is 13.3. The number of esters is 1. The van der Waals surface area contributed by atoms with Crippen LogP contribution in [0.25, 0.3) is 0 Å². The average molecular weight is 772 g/mol. The molecule has 5 unspecified atom stereocenters. The maximum atomic E-state index is 11.7. The normalized spacial score (nSPS) is 17.1. The van der Waals surface area contributed by atoms with Crippen molar-refractivity contribution in [1.29, 1.82) is 0 Å². The highest BCUT2D eigenvalue weighted by atomic mass is 79.9. The summed E-state index contributed by atoms with van der Waals surface area (Å²) in [5.74, 6) is -0.268. The molecule has 0 aromatic heterocycles. The van der Waals surface area contributed by atoms with Gasteiger partial charge in [-0.1, -0.05) is 153 Å². The van der Waals surface area contributed by atoms with E-state index >= 15 is 0 Å². The molecule has 2 nitrogen and oxygen atoms in total. The van der Waals surface area contributed by atoms with Crippen LogP contribution in [-0.2, 0) is 9.53 Å². The van der Waals surface area contributed by atoms with Gasteiger partial charge in [0.25, 0.3) is 0 Å². The van der Waals surface area contributed by atoms with Crippen molar-refractivity contribution in [3.63, 3.8) is 0 Å². The Morgan fingerprint density at radius 3 is 1.59 bits per heavy atom. The molecule has 0 saturated carbocycles. The van der Waals surface area contributed by atoms with Gasteiger partial charge in [0.15, 0.2) is 0 Å². The number of unbranched alkanes of at least 4 members (excludes halogenated alkanes) is 9. The number of carbonyl (C=O) groups excluding carboxylic acids is 1. The SMILES string of the molecule is COC(=O)C(Br)C(Br)C(Br)C(Br)C(Br)CCCCCCCCCCCCBr. The van der Waals surface area contributed by atoms with Crippen molar-refractivity contribution in [2.75, 3.05) is 12.4 Å². The molecule has 0 aromatic carbocycles. The molecule has 162 valence electrons. The van der Waals surface area contributed by atoms with E-state index in [1.165, 1.54) is 71.3 Å². The van der Waals surface area contributed by atoms with Gasteiger partial charge in [0.2, 0.25) is 0 Å². The fourth-order valence-corrected chi connectivity index (χ4v) is 7.39. The third kappa shape index (κ3) is 14.1. The summed E-state index contributed by atoms with van der Waals surface area (Å²) in [4.78, 5) is 11.9. The van der Waals surface area contributed by atoms with Crippen LogP contribution in [0.15, 0.2) is 0 Å². The Balaban J connectivity index is 3.82. The third-order valence-electron chi connectivity index (χ3n) is 4.52. The maximum Gasteiger partial charge on any atom is 0.320 e. The summed E-state index contributed by atoms with van der Waals surface area (Å²) in [6.07, 6.45) is 14.5. The maximum absolute atomic E-state index is 11.7. The second-order valence-corrected chi connectivity index (χ2v) is 12.9. The Kier molecular flexibility index (Phi) is 20.7. The molecule has 0 amide bonds. The van der Waals surface area contributed by atoms with E-state index in [1.54, 1.807) is 0 Å². The summed E-state index contributed by atoms with van der Waals surface area (Å²) >= 11 is 21.8. The first-order valence-corrected chi connectivity index (χ1v) is 15.4. The van der Waals surface area contributed by atoms with Gasteiger partial charge in [-0.15, -0.1) is 0 Å². The first-order chi connectivity index (χ1) is 12.9. The van der Waals surface area contributed by atoms with Gasteiger partial charge in [0, 0.05) is 19.8 Å². The quantitative estimate of drug-likeness (QED) is 0.0842. The van der Waals surface area contributed by atoms with Crippen molar-refractivity contribution in [1.82, 2.24) is 0 Å². The summed E-state index contributed by atoms with van der Waals surface area (Å²) < 4.78 is 4.80. The molecule has 0 bridgehead atoms. The lowest BCUT2D eigenvalue weighted by atomic mass is 10.0. The molecule has 0 aliphatic carbocycles. The molecule has 5 atom stereocenters. The molecule has 0 N–H and O–H groups in total. The highest BCUT2D eigenvalue weighted by Crippen LogP contribution is 2.34. The van der Waals surface area contributed by atoms with Crippen LogP contribution in [0.1, 0.15) is 70.6 Å². The first kappa shape index (κ1) is 29.4. The van der Waals surface area contributed by atoms with E-state index < -0.39 is 0 Å². The smallest absolute Gasteiger partial charge is 0.320 e. The number of hydrogen-bond acceptors (Lipinski definition) is 2. The van der Waals surface area contributed by atoms with Crippen LogP contribution in [0.2, 0.25) is 0 Å². The Labute approximate surface area is 216 Å². The van der Waals surface area contributed by atoms with Crippen LogP contribution < -0.4 is 0 Å². The minimum Gasteiger partial charge on any atom is -0.468 e. The van der Waals surface area contributed by atoms with Crippen molar-refractivity contribution >= 4 is 102 Å². The second-order valence-electron chi connectivity index (χ2n) is 6.79. The zero-order valence-corrected chi connectivity index (χ0v) is 25.5. The lowest BCUT2D eigenvalue weighted by Gasteiger charge is -2.27. The standard InChI is InChI=1S/C19H32Br6O2/c1-27-19(26)18(25)17(24)16(23)15(22)14(21)12-10-8-6-4-2-3-5-7-9-11-13-20/h14-18H,2-13H2,1H3. The number of carbonyl (C=O) groups is 1. The number of methoxy groups -OCH3 is 1. The number of halogens is 6. The first-order valence-electron chi connectivity index (χ1n) is 9.71. The highest BCUT2D eigenvalue weighted by molar-refractivity contribution is 9.15. The molecule has 0 rings (SSSR count). The molecule has 0 aliphatic rings. The number of rotatable bonds is 17. The molecule has 0 aliphatic heterocycles. The van der Waals surface area contributed by atoms with E-state index in [0.717, 1.165) is 11.8 Å². The molecule has 0 aromatic rings. The molecular weight excluding hydrogens is 740 g/mol. The molecular formula is C19H32Br6O2. The van der Waals surface area contributed by atoms with E-state index in [9.17, 15) is 4.79 Å². The predicted octanol–water partition coefficient (Wildman–Crippen LogP) is 8.66. The summed E-state index contributed by atoms with van der Waals surface area (Å²) in [5.41, 5.74) is 0. The zero-order valence-electron chi connectivity index (χ0n) is 16.0. The van der Waals surface area contributed by atoms with Gasteiger partial charge in [0.05, 0.1) is 11.9 Å². The van der Waals surface area contributed by atoms with Crippen LogP contribution in [0.4, 0.5) is 0 Å².